The van der Waals surface area contributed by atoms with Gasteiger partial charge in [-0.3, -0.25) is 4.79 Å². The normalized spacial score (nSPS) is 14.4. The average molecular weight is 489 g/mol. The standard InChI is InChI=1S/C24H29ClN4O5/c1-24(2,3)34-23(33)29-10-8-15(9-11-29)13-26-19-12-16(22(31)32)4-6-18(19)21(30)28-20-7-5-17(25)14-27-20/h4-7,12,14-15,26H,8-11,13H2,1-3H3,(H,31,32)(H,27,28,30). The summed E-state index contributed by atoms with van der Waals surface area (Å²) in [4.78, 5) is 42.3. The second-order valence-corrected chi connectivity index (χ2v) is 9.61. The number of pyridine rings is 1. The molecule has 2 heterocycles. The molecule has 182 valence electrons. The van der Waals surface area contributed by atoms with Crippen molar-refractivity contribution < 1.29 is 24.2 Å². The van der Waals surface area contributed by atoms with Gasteiger partial charge < -0.3 is 25.4 Å². The third kappa shape index (κ3) is 7.08. The number of carbonyl (C=O) groups is 3. The summed E-state index contributed by atoms with van der Waals surface area (Å²) in [5.41, 5.74) is 0.251. The van der Waals surface area contributed by atoms with E-state index in [-0.39, 0.29) is 17.6 Å². The Morgan fingerprint density at radius 2 is 1.88 bits per heavy atom. The van der Waals surface area contributed by atoms with Crippen LogP contribution in [0.3, 0.4) is 0 Å². The van der Waals surface area contributed by atoms with Crippen molar-refractivity contribution in [1.29, 1.82) is 0 Å². The van der Waals surface area contributed by atoms with Crippen molar-refractivity contribution in [2.75, 3.05) is 30.3 Å². The van der Waals surface area contributed by atoms with E-state index in [4.69, 9.17) is 16.3 Å². The third-order valence-electron chi connectivity index (χ3n) is 5.33. The molecule has 0 atom stereocenters. The quantitative estimate of drug-likeness (QED) is 0.536. The molecule has 10 heteroatoms. The molecule has 3 N–H and O–H groups in total. The maximum Gasteiger partial charge on any atom is 0.410 e. The number of aromatic carboxylic acids is 1. The molecule has 2 aromatic rings. The van der Waals surface area contributed by atoms with Crippen LogP contribution in [0.1, 0.15) is 54.3 Å². The molecular weight excluding hydrogens is 460 g/mol. The van der Waals surface area contributed by atoms with E-state index >= 15 is 0 Å². The summed E-state index contributed by atoms with van der Waals surface area (Å²) < 4.78 is 5.43. The molecule has 0 aliphatic carbocycles. The number of piperidine rings is 1. The number of amides is 2. The van der Waals surface area contributed by atoms with Crippen molar-refractivity contribution >= 4 is 41.1 Å². The zero-order valence-corrected chi connectivity index (χ0v) is 20.2. The lowest BCUT2D eigenvalue weighted by atomic mass is 9.96. The second-order valence-electron chi connectivity index (χ2n) is 9.17. The molecule has 1 aliphatic rings. The number of nitrogens with zero attached hydrogens (tertiary/aromatic N) is 2. The molecule has 0 unspecified atom stereocenters. The highest BCUT2D eigenvalue weighted by atomic mass is 35.5. The summed E-state index contributed by atoms with van der Waals surface area (Å²) >= 11 is 5.84. The average Bonchev–Trinajstić information content (AvgIpc) is 2.78. The van der Waals surface area contributed by atoms with Crippen molar-refractivity contribution in [3.63, 3.8) is 0 Å². The number of anilines is 2. The first-order chi connectivity index (χ1) is 16.0. The molecule has 0 radical (unpaired) electrons. The summed E-state index contributed by atoms with van der Waals surface area (Å²) in [5, 5.41) is 15.8. The number of nitrogens with one attached hydrogen (secondary N) is 2. The molecule has 1 fully saturated rings. The van der Waals surface area contributed by atoms with Gasteiger partial charge in [-0.25, -0.2) is 14.6 Å². The molecule has 3 rings (SSSR count). The SMILES string of the molecule is CC(C)(C)OC(=O)N1CCC(CNc2cc(C(=O)O)ccc2C(=O)Nc2ccc(Cl)cn2)CC1. The van der Waals surface area contributed by atoms with Gasteiger partial charge in [-0.1, -0.05) is 11.6 Å². The maximum atomic E-state index is 12.9. The summed E-state index contributed by atoms with van der Waals surface area (Å²) in [5.74, 6) is -0.924. The van der Waals surface area contributed by atoms with Crippen molar-refractivity contribution in [2.24, 2.45) is 5.92 Å². The van der Waals surface area contributed by atoms with Gasteiger partial charge in [0.05, 0.1) is 16.1 Å². The first-order valence-corrected chi connectivity index (χ1v) is 11.4. The maximum absolute atomic E-state index is 12.9. The number of carbonyl (C=O) groups excluding carboxylic acids is 2. The third-order valence-corrected chi connectivity index (χ3v) is 5.55. The molecule has 1 saturated heterocycles. The molecule has 0 spiro atoms. The topological polar surface area (TPSA) is 121 Å². The Morgan fingerprint density at radius 3 is 2.47 bits per heavy atom. The Balaban J connectivity index is 1.64. The van der Waals surface area contributed by atoms with Crippen LogP contribution >= 0.6 is 11.6 Å². The van der Waals surface area contributed by atoms with E-state index in [0.29, 0.717) is 41.7 Å². The minimum Gasteiger partial charge on any atom is -0.478 e. The van der Waals surface area contributed by atoms with Crippen LogP contribution in [0.2, 0.25) is 5.02 Å². The number of ether oxygens (including phenoxy) is 1. The lowest BCUT2D eigenvalue weighted by Gasteiger charge is -2.33. The number of hydrogen-bond acceptors (Lipinski definition) is 6. The fraction of sp³-hybridized carbons (Fsp3) is 0.417. The Labute approximate surface area is 203 Å². The highest BCUT2D eigenvalue weighted by molar-refractivity contribution is 6.30. The van der Waals surface area contributed by atoms with Crippen LogP contribution in [-0.4, -0.2) is 58.2 Å². The van der Waals surface area contributed by atoms with Crippen LogP contribution in [0.15, 0.2) is 36.5 Å². The molecular formula is C24H29ClN4O5. The van der Waals surface area contributed by atoms with Gasteiger partial charge in [0.15, 0.2) is 0 Å². The predicted octanol–water partition coefficient (Wildman–Crippen LogP) is 4.74. The van der Waals surface area contributed by atoms with Gasteiger partial charge in [0.1, 0.15) is 11.4 Å². The van der Waals surface area contributed by atoms with Crippen molar-refractivity contribution in [3.05, 3.63) is 52.7 Å². The molecule has 0 bridgehead atoms. The lowest BCUT2D eigenvalue weighted by molar-refractivity contribution is 0.0187. The fourth-order valence-electron chi connectivity index (χ4n) is 3.56. The monoisotopic (exact) mass is 488 g/mol. The number of carboxylic acid groups (broad SMARTS) is 1. The van der Waals surface area contributed by atoms with E-state index in [1.54, 1.807) is 17.0 Å². The van der Waals surface area contributed by atoms with Crippen LogP contribution < -0.4 is 10.6 Å². The zero-order valence-electron chi connectivity index (χ0n) is 19.4. The summed E-state index contributed by atoms with van der Waals surface area (Å²) in [6.07, 6.45) is 2.64. The largest absolute Gasteiger partial charge is 0.478 e. The molecule has 1 aromatic carbocycles. The van der Waals surface area contributed by atoms with E-state index < -0.39 is 17.5 Å². The van der Waals surface area contributed by atoms with Gasteiger partial charge >= 0.3 is 12.1 Å². The Kier molecular flexibility index (Phi) is 7.98. The number of likely N-dealkylation sites (tertiary alicyclic amines) is 1. The Hall–Kier alpha value is -3.33. The van der Waals surface area contributed by atoms with Crippen LogP contribution in [0.25, 0.3) is 0 Å². The number of carboxylic acids is 1. The first-order valence-electron chi connectivity index (χ1n) is 11.0. The summed E-state index contributed by atoms with van der Waals surface area (Å²) in [6.45, 7) is 7.19. The summed E-state index contributed by atoms with van der Waals surface area (Å²) in [7, 11) is 0. The molecule has 0 saturated carbocycles. The van der Waals surface area contributed by atoms with E-state index in [0.717, 1.165) is 12.8 Å². The van der Waals surface area contributed by atoms with Gasteiger partial charge in [-0.15, -0.1) is 0 Å². The minimum absolute atomic E-state index is 0.0726. The summed E-state index contributed by atoms with van der Waals surface area (Å²) in [6, 6.07) is 7.50. The zero-order chi connectivity index (χ0) is 24.9. The van der Waals surface area contributed by atoms with Gasteiger partial charge in [-0.05, 0) is 69.9 Å². The number of rotatable bonds is 6. The van der Waals surface area contributed by atoms with Crippen LogP contribution in [0, 0.1) is 5.92 Å². The minimum atomic E-state index is -1.08. The van der Waals surface area contributed by atoms with Crippen LogP contribution in [-0.2, 0) is 4.74 Å². The molecule has 1 aromatic heterocycles. The van der Waals surface area contributed by atoms with Crippen molar-refractivity contribution in [2.45, 2.75) is 39.2 Å². The molecule has 1 aliphatic heterocycles. The van der Waals surface area contributed by atoms with E-state index in [1.807, 2.05) is 20.8 Å². The molecule has 2 amide bonds. The first kappa shape index (κ1) is 25.3. The van der Waals surface area contributed by atoms with E-state index in [9.17, 15) is 19.5 Å². The smallest absolute Gasteiger partial charge is 0.410 e. The lowest BCUT2D eigenvalue weighted by Crippen LogP contribution is -2.42. The molecule has 9 nitrogen and oxygen atoms in total. The van der Waals surface area contributed by atoms with Gasteiger partial charge in [0, 0.05) is 31.5 Å². The molecule has 34 heavy (non-hydrogen) atoms. The van der Waals surface area contributed by atoms with Gasteiger partial charge in [0.25, 0.3) is 5.91 Å². The number of benzene rings is 1. The highest BCUT2D eigenvalue weighted by Crippen LogP contribution is 2.24. The van der Waals surface area contributed by atoms with E-state index in [2.05, 4.69) is 15.6 Å². The van der Waals surface area contributed by atoms with Crippen LogP contribution in [0.5, 0.6) is 0 Å². The second kappa shape index (κ2) is 10.7. The fourth-order valence-corrected chi connectivity index (χ4v) is 3.67. The van der Waals surface area contributed by atoms with Gasteiger partial charge in [0.2, 0.25) is 0 Å². The van der Waals surface area contributed by atoms with E-state index in [1.165, 1.54) is 24.4 Å². The Bertz CT molecular complexity index is 1040. The number of halogens is 1. The van der Waals surface area contributed by atoms with Crippen LogP contribution in [0.4, 0.5) is 16.3 Å². The number of aromatic nitrogens is 1. The van der Waals surface area contributed by atoms with Gasteiger partial charge in [-0.2, -0.15) is 0 Å². The predicted molar refractivity (Wildman–Crippen MR) is 130 cm³/mol. The Morgan fingerprint density at radius 1 is 1.18 bits per heavy atom. The highest BCUT2D eigenvalue weighted by Gasteiger charge is 2.27. The van der Waals surface area contributed by atoms with Crippen molar-refractivity contribution in [3.8, 4) is 0 Å². The van der Waals surface area contributed by atoms with Crippen molar-refractivity contribution in [1.82, 2.24) is 9.88 Å². The number of hydrogen-bond donors (Lipinski definition) is 3.